The third-order valence-electron chi connectivity index (χ3n) is 8.41. The van der Waals surface area contributed by atoms with E-state index >= 15 is 0 Å². The fourth-order valence-electron chi connectivity index (χ4n) is 5.77. The highest BCUT2D eigenvalue weighted by atomic mass is 16.3. The van der Waals surface area contributed by atoms with Gasteiger partial charge in [0.15, 0.2) is 0 Å². The summed E-state index contributed by atoms with van der Waals surface area (Å²) in [5, 5.41) is 54.0. The van der Waals surface area contributed by atoms with Crippen molar-refractivity contribution in [3.63, 3.8) is 0 Å². The van der Waals surface area contributed by atoms with Crippen LogP contribution in [0.4, 0.5) is 0 Å². The topological polar surface area (TPSA) is 155 Å². The highest BCUT2D eigenvalue weighted by Gasteiger charge is 2.18. The Morgan fingerprint density at radius 1 is 0.426 bits per heavy atom. The van der Waals surface area contributed by atoms with E-state index in [1.165, 1.54) is 0 Å². The lowest BCUT2D eigenvalue weighted by molar-refractivity contribution is 0.377. The molecular weight excluding hydrogens is 590 g/mol. The molecule has 47 heavy (non-hydrogen) atoms. The van der Waals surface area contributed by atoms with Crippen LogP contribution in [0.15, 0.2) is 97.1 Å². The van der Waals surface area contributed by atoms with Gasteiger partial charge in [0.25, 0.3) is 0 Å². The maximum atomic E-state index is 9.85. The zero-order valence-corrected chi connectivity index (χ0v) is 27.3. The third kappa shape index (κ3) is 12.9. The van der Waals surface area contributed by atoms with Crippen LogP contribution < -0.4 is 27.0 Å². The van der Waals surface area contributed by atoms with Crippen molar-refractivity contribution in [2.75, 3.05) is 32.7 Å². The van der Waals surface area contributed by atoms with Crippen LogP contribution in [0.1, 0.15) is 29.2 Å². The average Bonchev–Trinajstić information content (AvgIpc) is 3.07. The molecule has 0 spiro atoms. The molecule has 0 amide bonds. The van der Waals surface area contributed by atoms with Gasteiger partial charge in [-0.25, -0.2) is 0 Å². The van der Waals surface area contributed by atoms with Crippen molar-refractivity contribution >= 4 is 0 Å². The van der Waals surface area contributed by atoms with Crippen LogP contribution >= 0.6 is 0 Å². The van der Waals surface area contributed by atoms with Crippen molar-refractivity contribution in [1.29, 1.82) is 0 Å². The Bertz CT molecular complexity index is 1430. The molecule has 4 atom stereocenters. The standard InChI is InChI=1S/C38H51N5O4/c1-2-40-32(20-28-5-13-36(45)14-6-28)24-42-34(22-30-9-17-38(47)18-10-30)26-43-33(21-29-7-15-37(46)16-8-29)25-41-31(23-39)19-27-3-11-35(44)12-4-27/h3-18,31-34,40-47H,2,19-26,39H2,1H3/t31-,32-,33-,34-/m0/s1. The van der Waals surface area contributed by atoms with Crippen LogP contribution in [0.2, 0.25) is 0 Å². The van der Waals surface area contributed by atoms with E-state index in [4.69, 9.17) is 5.73 Å². The number of nitrogens with one attached hydrogen (secondary N) is 4. The molecule has 0 aliphatic heterocycles. The molecule has 0 aliphatic carbocycles. The Morgan fingerprint density at radius 3 is 0.957 bits per heavy atom. The van der Waals surface area contributed by atoms with Gasteiger partial charge in [0.1, 0.15) is 23.0 Å². The molecule has 0 radical (unpaired) electrons. The molecule has 0 saturated carbocycles. The zero-order chi connectivity index (χ0) is 33.4. The number of phenolic OH excluding ortho intramolecular Hbond substituents is 4. The molecule has 4 aromatic rings. The molecule has 10 N–H and O–H groups in total. The second-order valence-electron chi connectivity index (χ2n) is 12.3. The third-order valence-corrected chi connectivity index (χ3v) is 8.41. The Balaban J connectivity index is 1.45. The SMILES string of the molecule is CCN[C@H](CN[C@H](CN[C@H](CN[C@H](CN)Cc1ccc(O)cc1)Cc1ccc(O)cc1)Cc1ccc(O)cc1)Cc1ccc(O)cc1. The van der Waals surface area contributed by atoms with E-state index in [0.29, 0.717) is 19.6 Å². The van der Waals surface area contributed by atoms with Gasteiger partial charge in [0, 0.05) is 50.3 Å². The van der Waals surface area contributed by atoms with Crippen molar-refractivity contribution in [2.24, 2.45) is 5.73 Å². The second kappa shape index (κ2) is 18.9. The Kier molecular flexibility index (Phi) is 14.4. The highest BCUT2D eigenvalue weighted by molar-refractivity contribution is 5.29. The number of nitrogens with two attached hydrogens (primary N) is 1. The van der Waals surface area contributed by atoms with Crippen LogP contribution in [0.25, 0.3) is 0 Å². The quantitative estimate of drug-likeness (QED) is 0.0704. The zero-order valence-electron chi connectivity index (χ0n) is 27.3. The van der Waals surface area contributed by atoms with Gasteiger partial charge < -0.3 is 47.4 Å². The monoisotopic (exact) mass is 641 g/mol. The largest absolute Gasteiger partial charge is 0.508 e. The summed E-state index contributed by atoms with van der Waals surface area (Å²) < 4.78 is 0. The predicted octanol–water partition coefficient (Wildman–Crippen LogP) is 3.59. The Morgan fingerprint density at radius 2 is 0.681 bits per heavy atom. The van der Waals surface area contributed by atoms with Crippen LogP contribution in [-0.2, 0) is 25.7 Å². The van der Waals surface area contributed by atoms with Crippen LogP contribution in [0, 0.1) is 0 Å². The molecule has 4 rings (SSSR count). The van der Waals surface area contributed by atoms with E-state index in [0.717, 1.165) is 61.0 Å². The van der Waals surface area contributed by atoms with Crippen LogP contribution in [-0.4, -0.2) is 77.3 Å². The molecule has 0 heterocycles. The molecule has 0 aliphatic rings. The van der Waals surface area contributed by atoms with Gasteiger partial charge in [-0.2, -0.15) is 0 Å². The van der Waals surface area contributed by atoms with Gasteiger partial charge in [-0.3, -0.25) is 0 Å². The van der Waals surface area contributed by atoms with Crippen LogP contribution in [0.5, 0.6) is 23.0 Å². The minimum absolute atomic E-state index is 0.0651. The van der Waals surface area contributed by atoms with Gasteiger partial charge in [0.2, 0.25) is 0 Å². The molecule has 0 unspecified atom stereocenters. The summed E-state index contributed by atoms with van der Waals surface area (Å²) in [4.78, 5) is 0. The number of aromatic hydroxyl groups is 4. The highest BCUT2D eigenvalue weighted by Crippen LogP contribution is 2.15. The fraction of sp³-hybridized carbons (Fsp3) is 0.368. The van der Waals surface area contributed by atoms with Gasteiger partial charge in [-0.15, -0.1) is 0 Å². The summed E-state index contributed by atoms with van der Waals surface area (Å²) in [6, 6.07) is 29.8. The van der Waals surface area contributed by atoms with Crippen molar-refractivity contribution in [1.82, 2.24) is 21.3 Å². The summed E-state index contributed by atoms with van der Waals surface area (Å²) in [6.45, 7) is 5.57. The summed E-state index contributed by atoms with van der Waals surface area (Å²) in [7, 11) is 0. The summed E-state index contributed by atoms with van der Waals surface area (Å²) in [5.74, 6) is 1.01. The number of likely N-dealkylation sites (N-methyl/N-ethyl adjacent to an activating group) is 1. The minimum Gasteiger partial charge on any atom is -0.508 e. The van der Waals surface area contributed by atoms with E-state index in [1.807, 2.05) is 48.5 Å². The van der Waals surface area contributed by atoms with Gasteiger partial charge in [0.05, 0.1) is 0 Å². The first kappa shape index (κ1) is 35.7. The number of hydrogen-bond donors (Lipinski definition) is 9. The molecule has 0 aromatic heterocycles. The smallest absolute Gasteiger partial charge is 0.115 e. The predicted molar refractivity (Wildman–Crippen MR) is 189 cm³/mol. The second-order valence-corrected chi connectivity index (χ2v) is 12.3. The first-order chi connectivity index (χ1) is 22.8. The van der Waals surface area contributed by atoms with Gasteiger partial charge in [-0.1, -0.05) is 55.5 Å². The molecule has 9 nitrogen and oxygen atoms in total. The number of benzene rings is 4. The fourth-order valence-corrected chi connectivity index (χ4v) is 5.77. The van der Waals surface area contributed by atoms with Gasteiger partial charge >= 0.3 is 0 Å². The van der Waals surface area contributed by atoms with E-state index in [9.17, 15) is 20.4 Å². The molecule has 9 heteroatoms. The lowest BCUT2D eigenvalue weighted by Crippen LogP contribution is -2.52. The Labute approximate surface area is 278 Å². The first-order valence-electron chi connectivity index (χ1n) is 16.5. The van der Waals surface area contributed by atoms with Gasteiger partial charge in [-0.05, 0) is 103 Å². The van der Waals surface area contributed by atoms with E-state index in [-0.39, 0.29) is 47.2 Å². The maximum Gasteiger partial charge on any atom is 0.115 e. The average molecular weight is 642 g/mol. The van der Waals surface area contributed by atoms with Crippen LogP contribution in [0.3, 0.4) is 0 Å². The molecule has 0 bridgehead atoms. The van der Waals surface area contributed by atoms with E-state index in [1.54, 1.807) is 48.5 Å². The molecule has 252 valence electrons. The lowest BCUT2D eigenvalue weighted by Gasteiger charge is -2.28. The van der Waals surface area contributed by atoms with E-state index < -0.39 is 0 Å². The molecular formula is C38H51N5O4. The minimum atomic E-state index is 0.0651. The maximum absolute atomic E-state index is 9.85. The molecule has 0 fully saturated rings. The normalized spacial score (nSPS) is 14.0. The van der Waals surface area contributed by atoms with E-state index in [2.05, 4.69) is 28.2 Å². The number of hydrogen-bond acceptors (Lipinski definition) is 9. The Hall–Kier alpha value is -4.12. The first-order valence-corrected chi connectivity index (χ1v) is 16.5. The lowest BCUT2D eigenvalue weighted by atomic mass is 10.0. The van der Waals surface area contributed by atoms with Crippen molar-refractivity contribution in [3.8, 4) is 23.0 Å². The number of rotatable bonds is 20. The van der Waals surface area contributed by atoms with Crippen molar-refractivity contribution in [2.45, 2.75) is 56.8 Å². The summed E-state index contributed by atoms with van der Waals surface area (Å²) in [6.07, 6.45) is 3.11. The van der Waals surface area contributed by atoms with Crippen molar-refractivity contribution in [3.05, 3.63) is 119 Å². The molecule has 4 aromatic carbocycles. The van der Waals surface area contributed by atoms with Crippen molar-refractivity contribution < 1.29 is 20.4 Å². The molecule has 0 saturated heterocycles. The summed E-state index contributed by atoms with van der Waals surface area (Å²) in [5.41, 5.74) is 10.7. The summed E-state index contributed by atoms with van der Waals surface area (Å²) >= 11 is 0. The number of phenols is 4.